The Morgan fingerprint density at radius 2 is 1.76 bits per heavy atom. The van der Waals surface area contributed by atoms with Gasteiger partial charge in [0.05, 0.1) is 18.2 Å². The molecule has 0 aromatic rings. The second kappa shape index (κ2) is 6.74. The molecule has 0 saturated carbocycles. The van der Waals surface area contributed by atoms with Crippen molar-refractivity contribution in [2.45, 2.75) is 95.1 Å². The normalized spacial score (nSPS) is 37.8. The van der Waals surface area contributed by atoms with E-state index in [0.29, 0.717) is 41.5 Å². The smallest absolute Gasteiger partial charge is 0.200 e. The van der Waals surface area contributed by atoms with E-state index in [9.17, 15) is 4.79 Å². The maximum atomic E-state index is 12.8. The zero-order valence-electron chi connectivity index (χ0n) is 17.2. The third-order valence-electron chi connectivity index (χ3n) is 7.65. The number of ether oxygens (including phenoxy) is 1. The summed E-state index contributed by atoms with van der Waals surface area (Å²) in [5, 5.41) is 0. The first-order chi connectivity index (χ1) is 11.7. The summed E-state index contributed by atoms with van der Waals surface area (Å²) in [6.07, 6.45) is 2.82. The molecule has 0 aromatic heterocycles. The monoisotopic (exact) mass is 367 g/mol. The van der Waals surface area contributed by atoms with Crippen LogP contribution in [-0.4, -0.2) is 56.9 Å². The number of rotatable bonds is 7. The van der Waals surface area contributed by atoms with Gasteiger partial charge >= 0.3 is 0 Å². The summed E-state index contributed by atoms with van der Waals surface area (Å²) in [5.41, 5.74) is 1.49. The number of piperidine rings is 1. The van der Waals surface area contributed by atoms with E-state index in [0.717, 1.165) is 19.4 Å². The molecule has 5 heteroatoms. The van der Waals surface area contributed by atoms with Crippen LogP contribution in [0.1, 0.15) is 60.8 Å². The van der Waals surface area contributed by atoms with Crippen LogP contribution in [0.2, 0.25) is 16.6 Å². The molecular weight excluding hydrogens is 330 g/mol. The summed E-state index contributed by atoms with van der Waals surface area (Å²) in [4.78, 5) is 15.4. The van der Waals surface area contributed by atoms with Gasteiger partial charge in [-0.25, -0.2) is 0 Å². The summed E-state index contributed by atoms with van der Waals surface area (Å²) < 4.78 is 12.9. The molecule has 3 heterocycles. The van der Waals surface area contributed by atoms with Crippen molar-refractivity contribution in [1.29, 1.82) is 0 Å². The van der Waals surface area contributed by atoms with Crippen molar-refractivity contribution >= 4 is 14.1 Å². The molecule has 3 fully saturated rings. The van der Waals surface area contributed by atoms with Crippen LogP contribution >= 0.6 is 0 Å². The molecule has 5 atom stereocenters. The minimum absolute atomic E-state index is 0.106. The van der Waals surface area contributed by atoms with E-state index >= 15 is 0 Å². The molecule has 4 bridgehead atoms. The van der Waals surface area contributed by atoms with Crippen LogP contribution in [0.25, 0.3) is 0 Å². The highest BCUT2D eigenvalue weighted by Gasteiger charge is 2.67. The first-order valence-electron chi connectivity index (χ1n) is 10.2. The van der Waals surface area contributed by atoms with Crippen LogP contribution < -0.4 is 0 Å². The fourth-order valence-corrected chi connectivity index (χ4v) is 12.2. The van der Waals surface area contributed by atoms with E-state index in [1.54, 1.807) is 0 Å². The Balaban J connectivity index is 1.93. The van der Waals surface area contributed by atoms with Crippen molar-refractivity contribution in [2.24, 2.45) is 5.92 Å². The Bertz CT molecular complexity index is 499. The lowest BCUT2D eigenvalue weighted by Gasteiger charge is -2.49. The maximum absolute atomic E-state index is 12.8. The quantitative estimate of drug-likeness (QED) is 0.638. The van der Waals surface area contributed by atoms with Gasteiger partial charge in [-0.2, -0.15) is 0 Å². The molecule has 0 N–H and O–H groups in total. The van der Waals surface area contributed by atoms with Crippen LogP contribution in [0.5, 0.6) is 0 Å². The SMILES string of the molecule is CO[C@H]1C[C@H]2CC(=O)[C@H]3CCN2[C@]13CO[Si](C(C)C)(C(C)C)C(C)C. The molecule has 0 spiro atoms. The van der Waals surface area contributed by atoms with E-state index in [1.807, 2.05) is 7.11 Å². The van der Waals surface area contributed by atoms with Crippen LogP contribution in [0.15, 0.2) is 0 Å². The van der Waals surface area contributed by atoms with Crippen LogP contribution in [0.4, 0.5) is 0 Å². The molecular formula is C20H37NO3Si. The maximum Gasteiger partial charge on any atom is 0.200 e. The lowest BCUT2D eigenvalue weighted by atomic mass is 9.78. The average molecular weight is 368 g/mol. The van der Waals surface area contributed by atoms with Gasteiger partial charge in [-0.15, -0.1) is 0 Å². The van der Waals surface area contributed by atoms with Crippen LogP contribution in [0.3, 0.4) is 0 Å². The van der Waals surface area contributed by atoms with Gasteiger partial charge in [-0.3, -0.25) is 9.69 Å². The molecule has 0 radical (unpaired) electrons. The molecule has 4 nitrogen and oxygen atoms in total. The Morgan fingerprint density at radius 1 is 1.16 bits per heavy atom. The van der Waals surface area contributed by atoms with Crippen molar-refractivity contribution in [3.8, 4) is 0 Å². The predicted molar refractivity (Wildman–Crippen MR) is 103 cm³/mol. The fraction of sp³-hybridized carbons (Fsp3) is 0.950. The third kappa shape index (κ3) is 2.60. The van der Waals surface area contributed by atoms with E-state index in [1.165, 1.54) is 0 Å². The minimum atomic E-state index is -1.95. The molecule has 3 aliphatic heterocycles. The van der Waals surface area contributed by atoms with E-state index in [2.05, 4.69) is 46.4 Å². The number of carbonyl (C=O) groups excluding carboxylic acids is 1. The second-order valence-electron chi connectivity index (χ2n) is 9.42. The summed E-state index contributed by atoms with van der Waals surface area (Å²) in [5.74, 6) is 0.558. The number of nitrogens with zero attached hydrogens (tertiary/aromatic N) is 1. The molecule has 0 aliphatic carbocycles. The largest absolute Gasteiger partial charge is 0.414 e. The van der Waals surface area contributed by atoms with E-state index < -0.39 is 8.32 Å². The molecule has 3 rings (SSSR count). The molecule has 1 unspecified atom stereocenters. The number of ketones is 1. The van der Waals surface area contributed by atoms with Gasteiger partial charge in [0.15, 0.2) is 8.32 Å². The Morgan fingerprint density at radius 3 is 2.28 bits per heavy atom. The van der Waals surface area contributed by atoms with E-state index in [4.69, 9.17) is 9.16 Å². The van der Waals surface area contributed by atoms with Crippen molar-refractivity contribution in [3.05, 3.63) is 0 Å². The van der Waals surface area contributed by atoms with Gasteiger partial charge < -0.3 is 9.16 Å². The van der Waals surface area contributed by atoms with Gasteiger partial charge in [-0.1, -0.05) is 41.5 Å². The van der Waals surface area contributed by atoms with Crippen molar-refractivity contribution < 1.29 is 14.0 Å². The molecule has 3 saturated heterocycles. The fourth-order valence-electron chi connectivity index (χ4n) is 6.76. The highest BCUT2D eigenvalue weighted by atomic mass is 28.4. The lowest BCUT2D eigenvalue weighted by Crippen LogP contribution is -2.62. The molecule has 0 aromatic carbocycles. The molecule has 0 amide bonds. The third-order valence-corrected chi connectivity index (χ3v) is 13.7. The van der Waals surface area contributed by atoms with Gasteiger partial charge in [0.2, 0.25) is 0 Å². The standard InChI is InChI=1S/C20H37NO3Si/c1-13(2)25(14(3)4,15(5)6)24-12-20-17-8-9-21(20)16(10-18(17)22)11-19(20)23-7/h13-17,19H,8-12H2,1-7H3/t16-,17-,19+,20+/m1/s1. The summed E-state index contributed by atoms with van der Waals surface area (Å²) in [6, 6.07) is 0.369. The second-order valence-corrected chi connectivity index (χ2v) is 14.9. The first kappa shape index (κ1) is 19.5. The van der Waals surface area contributed by atoms with Crippen molar-refractivity contribution in [3.63, 3.8) is 0 Å². The summed E-state index contributed by atoms with van der Waals surface area (Å²) in [7, 11) is -0.130. The van der Waals surface area contributed by atoms with Crippen LogP contribution in [-0.2, 0) is 14.0 Å². The van der Waals surface area contributed by atoms with Gasteiger partial charge in [0, 0.05) is 25.5 Å². The van der Waals surface area contributed by atoms with Gasteiger partial charge in [0.1, 0.15) is 5.78 Å². The number of hydrogen-bond donors (Lipinski definition) is 0. The first-order valence-corrected chi connectivity index (χ1v) is 12.3. The Kier molecular flexibility index (Phi) is 5.26. The minimum Gasteiger partial charge on any atom is -0.414 e. The number of carbonyl (C=O) groups is 1. The molecule has 144 valence electrons. The average Bonchev–Trinajstić information content (AvgIpc) is 2.93. The molecule has 25 heavy (non-hydrogen) atoms. The zero-order valence-corrected chi connectivity index (χ0v) is 18.2. The predicted octanol–water partition coefficient (Wildman–Crippen LogP) is 4.00. The topological polar surface area (TPSA) is 38.8 Å². The number of Topliss-reactive ketones (excluding diaryl/α,β-unsaturated/α-hetero) is 1. The molecule has 3 aliphatic rings. The number of methoxy groups -OCH3 is 1. The zero-order chi connectivity index (χ0) is 18.6. The van der Waals surface area contributed by atoms with E-state index in [-0.39, 0.29) is 17.6 Å². The number of hydrogen-bond acceptors (Lipinski definition) is 4. The summed E-state index contributed by atoms with van der Waals surface area (Å²) >= 11 is 0. The highest BCUT2D eigenvalue weighted by molar-refractivity contribution is 6.77. The van der Waals surface area contributed by atoms with Gasteiger partial charge in [-0.05, 0) is 36.0 Å². The van der Waals surface area contributed by atoms with Gasteiger partial charge in [0.25, 0.3) is 0 Å². The highest BCUT2D eigenvalue weighted by Crippen LogP contribution is 2.54. The Labute approximate surface area is 154 Å². The summed E-state index contributed by atoms with van der Waals surface area (Å²) in [6.45, 7) is 15.7. The van der Waals surface area contributed by atoms with Crippen molar-refractivity contribution in [1.82, 2.24) is 4.90 Å². The van der Waals surface area contributed by atoms with Crippen molar-refractivity contribution in [2.75, 3.05) is 20.3 Å². The van der Waals surface area contributed by atoms with Crippen LogP contribution in [0, 0.1) is 5.92 Å². The lowest BCUT2D eigenvalue weighted by molar-refractivity contribution is -0.135. The Hall–Kier alpha value is -0.233.